The first-order valence-electron chi connectivity index (χ1n) is 6.56. The average Bonchev–Trinajstić information content (AvgIpc) is 2.98. The Labute approximate surface area is 120 Å². The van der Waals surface area contributed by atoms with Crippen molar-refractivity contribution in [1.29, 1.82) is 0 Å². The summed E-state index contributed by atoms with van der Waals surface area (Å²) in [6.07, 6.45) is 2.88. The van der Waals surface area contributed by atoms with Crippen LogP contribution in [0.25, 0.3) is 0 Å². The summed E-state index contributed by atoms with van der Waals surface area (Å²) >= 11 is 0. The van der Waals surface area contributed by atoms with Gasteiger partial charge in [-0.2, -0.15) is 0 Å². The number of fused-ring (bicyclic) bond motifs is 1. The maximum Gasteiger partial charge on any atom is 0.303 e. The maximum absolute atomic E-state index is 12.1. The molecule has 0 saturated carbocycles. The maximum atomic E-state index is 12.1. The molecule has 21 heavy (non-hydrogen) atoms. The van der Waals surface area contributed by atoms with E-state index in [0.29, 0.717) is 17.5 Å². The zero-order chi connectivity index (χ0) is 15.0. The third-order valence-electron chi connectivity index (χ3n) is 3.32. The Morgan fingerprint density at radius 3 is 2.24 bits per heavy atom. The fourth-order valence-electron chi connectivity index (χ4n) is 2.41. The normalized spacial score (nSPS) is 23.6. The number of hydrogen-bond donors (Lipinski definition) is 0. The van der Waals surface area contributed by atoms with Crippen molar-refractivity contribution in [3.63, 3.8) is 0 Å². The molecule has 0 bridgehead atoms. The van der Waals surface area contributed by atoms with E-state index in [4.69, 9.17) is 9.57 Å². The van der Waals surface area contributed by atoms with E-state index in [1.54, 1.807) is 36.4 Å². The van der Waals surface area contributed by atoms with Gasteiger partial charge in [-0.25, -0.2) is 0 Å². The van der Waals surface area contributed by atoms with Crippen molar-refractivity contribution in [2.24, 2.45) is 0 Å². The van der Waals surface area contributed by atoms with Crippen molar-refractivity contribution in [1.82, 2.24) is 5.06 Å². The van der Waals surface area contributed by atoms with Crippen LogP contribution in [0, 0.1) is 0 Å². The van der Waals surface area contributed by atoms with Crippen LogP contribution < -0.4 is 0 Å². The summed E-state index contributed by atoms with van der Waals surface area (Å²) in [5.74, 6) is -1.33. The highest BCUT2D eigenvalue weighted by Gasteiger charge is 2.38. The summed E-state index contributed by atoms with van der Waals surface area (Å²) in [5.41, 5.74) is 0.669. The molecule has 0 radical (unpaired) electrons. The summed E-state index contributed by atoms with van der Waals surface area (Å²) in [7, 11) is 0. The molecule has 0 unspecified atom stereocenters. The first-order chi connectivity index (χ1) is 10.1. The van der Waals surface area contributed by atoms with E-state index in [1.165, 1.54) is 6.92 Å². The van der Waals surface area contributed by atoms with E-state index >= 15 is 0 Å². The Kier molecular flexibility index (Phi) is 3.31. The van der Waals surface area contributed by atoms with Gasteiger partial charge in [-0.3, -0.25) is 19.2 Å². The van der Waals surface area contributed by atoms with E-state index in [-0.39, 0.29) is 12.1 Å². The second-order valence-corrected chi connectivity index (χ2v) is 4.86. The second kappa shape index (κ2) is 5.14. The molecule has 0 N–H and O–H groups in total. The highest BCUT2D eigenvalue weighted by molar-refractivity contribution is 6.20. The van der Waals surface area contributed by atoms with Gasteiger partial charge in [0.05, 0.1) is 11.1 Å². The van der Waals surface area contributed by atoms with E-state index in [9.17, 15) is 14.4 Å². The van der Waals surface area contributed by atoms with Crippen LogP contribution in [0.15, 0.2) is 36.4 Å². The first kappa shape index (κ1) is 13.5. The minimum Gasteiger partial charge on any atom is -0.458 e. The van der Waals surface area contributed by atoms with Gasteiger partial charge in [0.15, 0.2) is 0 Å². The lowest BCUT2D eigenvalue weighted by Crippen LogP contribution is -2.34. The molecule has 0 fully saturated rings. The van der Waals surface area contributed by atoms with Crippen LogP contribution >= 0.6 is 0 Å². The zero-order valence-corrected chi connectivity index (χ0v) is 11.3. The van der Waals surface area contributed by atoms with E-state index < -0.39 is 17.9 Å². The molecule has 2 aliphatic rings. The SMILES string of the molecule is CC(=O)O[C@@H]1C=C[C@@H](ON2C(=O)c3ccccc3C2=O)C1. The predicted octanol–water partition coefficient (Wildman–Crippen LogP) is 1.47. The number of rotatable bonds is 3. The molecule has 1 aromatic carbocycles. The number of carbonyl (C=O) groups is 3. The fourth-order valence-corrected chi connectivity index (χ4v) is 2.41. The van der Waals surface area contributed by atoms with Crippen molar-refractivity contribution in [3.8, 4) is 0 Å². The van der Waals surface area contributed by atoms with Crippen molar-refractivity contribution in [2.75, 3.05) is 0 Å². The Morgan fingerprint density at radius 1 is 1.10 bits per heavy atom. The molecule has 0 saturated heterocycles. The summed E-state index contributed by atoms with van der Waals surface area (Å²) in [6, 6.07) is 6.57. The Morgan fingerprint density at radius 2 is 1.67 bits per heavy atom. The smallest absolute Gasteiger partial charge is 0.303 e. The number of esters is 1. The van der Waals surface area contributed by atoms with Gasteiger partial charge in [-0.15, -0.1) is 5.06 Å². The third-order valence-corrected chi connectivity index (χ3v) is 3.32. The number of imide groups is 1. The summed E-state index contributed by atoms with van der Waals surface area (Å²) < 4.78 is 5.03. The molecule has 0 aromatic heterocycles. The number of amides is 2. The molecule has 1 aliphatic carbocycles. The van der Waals surface area contributed by atoms with Crippen LogP contribution in [-0.2, 0) is 14.4 Å². The van der Waals surface area contributed by atoms with Gasteiger partial charge in [-0.05, 0) is 18.2 Å². The molecular formula is C15H13NO5. The highest BCUT2D eigenvalue weighted by atomic mass is 16.7. The predicted molar refractivity (Wildman–Crippen MR) is 71.1 cm³/mol. The van der Waals surface area contributed by atoms with Crippen LogP contribution in [0.5, 0.6) is 0 Å². The number of benzene rings is 1. The minimum atomic E-state index is -0.475. The molecule has 6 nitrogen and oxygen atoms in total. The van der Waals surface area contributed by atoms with Crippen LogP contribution in [0.3, 0.4) is 0 Å². The first-order valence-corrected chi connectivity index (χ1v) is 6.56. The zero-order valence-electron chi connectivity index (χ0n) is 11.3. The van der Waals surface area contributed by atoms with Gasteiger partial charge in [0, 0.05) is 13.3 Å². The lowest BCUT2D eigenvalue weighted by molar-refractivity contribution is -0.148. The van der Waals surface area contributed by atoms with Gasteiger partial charge < -0.3 is 4.74 Å². The number of hydroxylamine groups is 2. The average molecular weight is 287 g/mol. The molecule has 1 aromatic rings. The Bertz CT molecular complexity index is 616. The largest absolute Gasteiger partial charge is 0.458 e. The Hall–Kier alpha value is -2.47. The Balaban J connectivity index is 1.68. The lowest BCUT2D eigenvalue weighted by Gasteiger charge is -2.18. The van der Waals surface area contributed by atoms with Crippen molar-refractivity contribution in [2.45, 2.75) is 25.6 Å². The standard InChI is InChI=1S/C15H13NO5/c1-9(17)20-10-6-7-11(8-10)21-16-14(18)12-4-2-3-5-13(12)15(16)19/h2-7,10-11H,8H2,1H3/t10-,11-/m1/s1. The molecule has 1 heterocycles. The summed E-state index contributed by atoms with van der Waals surface area (Å²) in [4.78, 5) is 40.6. The molecule has 6 heteroatoms. The van der Waals surface area contributed by atoms with Crippen LogP contribution in [0.2, 0.25) is 0 Å². The van der Waals surface area contributed by atoms with E-state index in [0.717, 1.165) is 5.06 Å². The van der Waals surface area contributed by atoms with Crippen molar-refractivity contribution >= 4 is 17.8 Å². The molecule has 1 aliphatic heterocycles. The monoisotopic (exact) mass is 287 g/mol. The van der Waals surface area contributed by atoms with Gasteiger partial charge in [-0.1, -0.05) is 18.2 Å². The number of carbonyl (C=O) groups excluding carboxylic acids is 3. The van der Waals surface area contributed by atoms with Crippen LogP contribution in [0.1, 0.15) is 34.1 Å². The number of hydrogen-bond acceptors (Lipinski definition) is 5. The third kappa shape index (κ3) is 2.45. The molecular weight excluding hydrogens is 274 g/mol. The quantitative estimate of drug-likeness (QED) is 0.478. The van der Waals surface area contributed by atoms with Gasteiger partial charge >= 0.3 is 5.97 Å². The fraction of sp³-hybridized carbons (Fsp3) is 0.267. The van der Waals surface area contributed by atoms with Gasteiger partial charge in [0.1, 0.15) is 12.2 Å². The van der Waals surface area contributed by atoms with E-state index in [2.05, 4.69) is 0 Å². The van der Waals surface area contributed by atoms with Crippen LogP contribution in [0.4, 0.5) is 0 Å². The molecule has 108 valence electrons. The topological polar surface area (TPSA) is 72.9 Å². The minimum absolute atomic E-state index is 0.334. The second-order valence-electron chi connectivity index (χ2n) is 4.86. The van der Waals surface area contributed by atoms with Gasteiger partial charge in [0.25, 0.3) is 11.8 Å². The lowest BCUT2D eigenvalue weighted by atomic mass is 10.1. The number of ether oxygens (including phenoxy) is 1. The van der Waals surface area contributed by atoms with Crippen molar-refractivity contribution in [3.05, 3.63) is 47.5 Å². The van der Waals surface area contributed by atoms with Crippen LogP contribution in [-0.4, -0.2) is 35.1 Å². The summed E-state index contributed by atoms with van der Waals surface area (Å²) in [6.45, 7) is 1.33. The molecule has 2 amide bonds. The van der Waals surface area contributed by atoms with E-state index in [1.807, 2.05) is 0 Å². The highest BCUT2D eigenvalue weighted by Crippen LogP contribution is 2.26. The molecule has 0 spiro atoms. The molecule has 3 rings (SSSR count). The molecule has 2 atom stereocenters. The van der Waals surface area contributed by atoms with Gasteiger partial charge in [0.2, 0.25) is 0 Å². The number of nitrogens with zero attached hydrogens (tertiary/aromatic N) is 1. The van der Waals surface area contributed by atoms with Crippen molar-refractivity contribution < 1.29 is 24.0 Å². The summed E-state index contributed by atoms with van der Waals surface area (Å²) in [5, 5.41) is 0.774.